The Morgan fingerprint density at radius 2 is 1.68 bits per heavy atom. The molecule has 2 heteroatoms. The van der Waals surface area contributed by atoms with Crippen molar-refractivity contribution in [1.29, 1.82) is 0 Å². The van der Waals surface area contributed by atoms with Crippen LogP contribution >= 0.6 is 0 Å². The molecular formula is C17H35NO. The summed E-state index contributed by atoms with van der Waals surface area (Å²) in [6.45, 7) is 8.06. The van der Waals surface area contributed by atoms with Crippen LogP contribution < -0.4 is 5.32 Å². The van der Waals surface area contributed by atoms with Gasteiger partial charge in [0, 0.05) is 13.2 Å². The second-order valence-corrected chi connectivity index (χ2v) is 6.38. The molecule has 114 valence electrons. The highest BCUT2D eigenvalue weighted by Crippen LogP contribution is 2.36. The van der Waals surface area contributed by atoms with Crippen LogP contribution in [0.3, 0.4) is 0 Å². The van der Waals surface area contributed by atoms with Gasteiger partial charge in [0.25, 0.3) is 0 Å². The Kier molecular flexibility index (Phi) is 8.01. The predicted molar refractivity (Wildman–Crippen MR) is 83.6 cm³/mol. The second-order valence-electron chi connectivity index (χ2n) is 6.38. The summed E-state index contributed by atoms with van der Waals surface area (Å²) in [7, 11) is 1.94. The van der Waals surface area contributed by atoms with Crippen LogP contribution in [-0.4, -0.2) is 25.3 Å². The van der Waals surface area contributed by atoms with Gasteiger partial charge in [-0.25, -0.2) is 0 Å². The molecular weight excluding hydrogens is 234 g/mol. The second kappa shape index (κ2) is 8.97. The van der Waals surface area contributed by atoms with Gasteiger partial charge in [-0.2, -0.15) is 0 Å². The van der Waals surface area contributed by atoms with E-state index in [1.165, 1.54) is 57.8 Å². The summed E-state index contributed by atoms with van der Waals surface area (Å²) in [5.74, 6) is 0.703. The standard InChI is InChI=1S/C17H35NO/c1-5-11-15(3)16(18-14-6-2)17(19-4)12-9-7-8-10-13-17/h15-16,18H,5-14H2,1-4H3. The van der Waals surface area contributed by atoms with E-state index in [1.807, 2.05) is 7.11 Å². The van der Waals surface area contributed by atoms with E-state index in [2.05, 4.69) is 26.1 Å². The fourth-order valence-corrected chi connectivity index (χ4v) is 3.80. The van der Waals surface area contributed by atoms with E-state index in [-0.39, 0.29) is 5.60 Å². The Morgan fingerprint density at radius 3 is 2.16 bits per heavy atom. The van der Waals surface area contributed by atoms with Crippen molar-refractivity contribution in [3.63, 3.8) is 0 Å². The molecule has 0 bridgehead atoms. The minimum absolute atomic E-state index is 0.0836. The Bertz CT molecular complexity index is 221. The van der Waals surface area contributed by atoms with Gasteiger partial charge in [0.15, 0.2) is 0 Å². The van der Waals surface area contributed by atoms with Crippen LogP contribution in [0.15, 0.2) is 0 Å². The molecule has 0 aromatic rings. The van der Waals surface area contributed by atoms with Crippen LogP contribution in [-0.2, 0) is 4.74 Å². The van der Waals surface area contributed by atoms with E-state index in [1.54, 1.807) is 0 Å². The highest BCUT2D eigenvalue weighted by Gasteiger charge is 2.41. The van der Waals surface area contributed by atoms with Crippen molar-refractivity contribution in [2.24, 2.45) is 5.92 Å². The average molecular weight is 269 g/mol. The summed E-state index contributed by atoms with van der Waals surface area (Å²) in [6, 6.07) is 0.524. The molecule has 2 nitrogen and oxygen atoms in total. The van der Waals surface area contributed by atoms with E-state index in [0.717, 1.165) is 6.54 Å². The van der Waals surface area contributed by atoms with Gasteiger partial charge in [0.05, 0.1) is 5.60 Å². The van der Waals surface area contributed by atoms with Crippen molar-refractivity contribution in [2.75, 3.05) is 13.7 Å². The maximum Gasteiger partial charge on any atom is 0.0833 e. The molecule has 0 aromatic heterocycles. The van der Waals surface area contributed by atoms with Crippen molar-refractivity contribution in [2.45, 2.75) is 90.2 Å². The van der Waals surface area contributed by atoms with Crippen LogP contribution in [0.5, 0.6) is 0 Å². The van der Waals surface area contributed by atoms with Crippen LogP contribution in [0, 0.1) is 5.92 Å². The lowest BCUT2D eigenvalue weighted by molar-refractivity contribution is -0.0669. The molecule has 0 aromatic carbocycles. The van der Waals surface area contributed by atoms with Crippen molar-refractivity contribution >= 4 is 0 Å². The quantitative estimate of drug-likeness (QED) is 0.654. The monoisotopic (exact) mass is 269 g/mol. The number of ether oxygens (including phenoxy) is 1. The molecule has 1 aliphatic rings. The highest BCUT2D eigenvalue weighted by atomic mass is 16.5. The Hall–Kier alpha value is -0.0800. The molecule has 1 rings (SSSR count). The molecule has 1 aliphatic carbocycles. The summed E-state index contributed by atoms with van der Waals surface area (Å²) in [5.41, 5.74) is 0.0836. The van der Waals surface area contributed by atoms with E-state index < -0.39 is 0 Å². The number of hydrogen-bond acceptors (Lipinski definition) is 2. The van der Waals surface area contributed by atoms with Crippen molar-refractivity contribution in [3.8, 4) is 0 Å². The molecule has 1 fully saturated rings. The zero-order chi connectivity index (χ0) is 14.1. The summed E-state index contributed by atoms with van der Waals surface area (Å²) in [5, 5.41) is 3.82. The molecule has 1 saturated carbocycles. The lowest BCUT2D eigenvalue weighted by Gasteiger charge is -2.43. The molecule has 0 radical (unpaired) electrons. The van der Waals surface area contributed by atoms with Gasteiger partial charge in [0.2, 0.25) is 0 Å². The molecule has 2 unspecified atom stereocenters. The maximum atomic E-state index is 6.12. The minimum atomic E-state index is 0.0836. The van der Waals surface area contributed by atoms with Crippen LogP contribution in [0.2, 0.25) is 0 Å². The van der Waals surface area contributed by atoms with Gasteiger partial charge in [-0.1, -0.05) is 52.9 Å². The normalized spacial score (nSPS) is 22.7. The van der Waals surface area contributed by atoms with Crippen molar-refractivity contribution in [1.82, 2.24) is 5.32 Å². The fourth-order valence-electron chi connectivity index (χ4n) is 3.80. The molecule has 0 heterocycles. The van der Waals surface area contributed by atoms with Gasteiger partial charge in [-0.3, -0.25) is 0 Å². The molecule has 0 aliphatic heterocycles. The van der Waals surface area contributed by atoms with E-state index >= 15 is 0 Å². The minimum Gasteiger partial charge on any atom is -0.377 e. The van der Waals surface area contributed by atoms with Gasteiger partial charge in [-0.05, 0) is 38.1 Å². The summed E-state index contributed by atoms with van der Waals surface area (Å²) >= 11 is 0. The molecule has 0 saturated heterocycles. The molecule has 0 spiro atoms. The molecule has 2 atom stereocenters. The lowest BCUT2D eigenvalue weighted by atomic mass is 9.78. The molecule has 0 amide bonds. The Morgan fingerprint density at radius 1 is 1.05 bits per heavy atom. The summed E-state index contributed by atoms with van der Waals surface area (Å²) < 4.78 is 6.12. The molecule has 19 heavy (non-hydrogen) atoms. The van der Waals surface area contributed by atoms with Gasteiger partial charge in [-0.15, -0.1) is 0 Å². The number of nitrogens with one attached hydrogen (secondary N) is 1. The van der Waals surface area contributed by atoms with Crippen molar-refractivity contribution in [3.05, 3.63) is 0 Å². The first kappa shape index (κ1) is 17.0. The zero-order valence-corrected chi connectivity index (χ0v) is 13.6. The SMILES string of the molecule is CCCNC(C(C)CCC)C1(OC)CCCCCC1. The first-order valence-corrected chi connectivity index (χ1v) is 8.48. The van der Waals surface area contributed by atoms with Crippen molar-refractivity contribution < 1.29 is 4.74 Å². The summed E-state index contributed by atoms with van der Waals surface area (Å²) in [6.07, 6.45) is 11.7. The van der Waals surface area contributed by atoms with E-state index in [4.69, 9.17) is 4.74 Å². The molecule has 1 N–H and O–H groups in total. The smallest absolute Gasteiger partial charge is 0.0833 e. The third kappa shape index (κ3) is 4.75. The Labute approximate surface area is 120 Å². The number of methoxy groups -OCH3 is 1. The van der Waals surface area contributed by atoms with Gasteiger partial charge < -0.3 is 10.1 Å². The van der Waals surface area contributed by atoms with E-state index in [9.17, 15) is 0 Å². The average Bonchev–Trinajstić information content (AvgIpc) is 2.66. The third-order valence-electron chi connectivity index (χ3n) is 4.85. The van der Waals surface area contributed by atoms with Crippen LogP contribution in [0.4, 0.5) is 0 Å². The fraction of sp³-hybridized carbons (Fsp3) is 1.00. The zero-order valence-electron chi connectivity index (χ0n) is 13.6. The topological polar surface area (TPSA) is 21.3 Å². The van der Waals surface area contributed by atoms with Crippen LogP contribution in [0.1, 0.15) is 78.6 Å². The van der Waals surface area contributed by atoms with E-state index in [0.29, 0.717) is 12.0 Å². The number of hydrogen-bond donors (Lipinski definition) is 1. The largest absolute Gasteiger partial charge is 0.377 e. The first-order chi connectivity index (χ1) is 9.20. The third-order valence-corrected chi connectivity index (χ3v) is 4.85. The van der Waals surface area contributed by atoms with Crippen LogP contribution in [0.25, 0.3) is 0 Å². The number of rotatable bonds is 8. The summed E-state index contributed by atoms with van der Waals surface area (Å²) in [4.78, 5) is 0. The lowest BCUT2D eigenvalue weighted by Crippen LogP contribution is -2.55. The highest BCUT2D eigenvalue weighted by molar-refractivity contribution is 4.96. The first-order valence-electron chi connectivity index (χ1n) is 8.48. The Balaban J connectivity index is 2.82. The maximum absolute atomic E-state index is 6.12. The predicted octanol–water partition coefficient (Wildman–Crippen LogP) is 4.53. The van der Waals surface area contributed by atoms with Gasteiger partial charge >= 0.3 is 0 Å². The van der Waals surface area contributed by atoms with Gasteiger partial charge in [0.1, 0.15) is 0 Å².